The highest BCUT2D eigenvalue weighted by molar-refractivity contribution is 7.13. The fourth-order valence-corrected chi connectivity index (χ4v) is 3.40. The van der Waals surface area contributed by atoms with Gasteiger partial charge in [0.2, 0.25) is 5.06 Å². The zero-order valence-electron chi connectivity index (χ0n) is 15.8. The first kappa shape index (κ1) is 21.2. The lowest BCUT2D eigenvalue weighted by Gasteiger charge is -2.13. The molecule has 0 saturated heterocycles. The molecule has 0 amide bonds. The van der Waals surface area contributed by atoms with Crippen LogP contribution < -0.4 is 15.9 Å². The lowest BCUT2D eigenvalue weighted by atomic mass is 9.79. The number of aryl methyl sites for hydroxylation is 1. The molecule has 2 aromatic carbocycles. The third-order valence-electron chi connectivity index (χ3n) is 4.09. The summed E-state index contributed by atoms with van der Waals surface area (Å²) >= 11 is 1.43. The zero-order chi connectivity index (χ0) is 21.7. The van der Waals surface area contributed by atoms with E-state index in [2.05, 4.69) is 15.2 Å². The van der Waals surface area contributed by atoms with Crippen LogP contribution in [-0.2, 0) is 4.79 Å². The predicted octanol–water partition coefficient (Wildman–Crippen LogP) is 1.82. The highest BCUT2D eigenvalue weighted by Gasteiger charge is 2.17. The van der Waals surface area contributed by atoms with E-state index in [0.29, 0.717) is 33.0 Å². The number of ether oxygens (including phenoxy) is 1. The van der Waals surface area contributed by atoms with Crippen molar-refractivity contribution in [1.82, 2.24) is 15.2 Å². The first-order valence-electron chi connectivity index (χ1n) is 8.62. The van der Waals surface area contributed by atoms with Crippen LogP contribution in [0.2, 0.25) is 0 Å². The minimum Gasteiger partial charge on any atom is -0.483 e. The number of nitrogens with two attached hydrogens (primary N) is 1. The Morgan fingerprint density at radius 3 is 2.60 bits per heavy atom. The van der Waals surface area contributed by atoms with E-state index in [0.717, 1.165) is 16.0 Å². The topological polar surface area (TPSA) is 152 Å². The van der Waals surface area contributed by atoms with Gasteiger partial charge in [0.1, 0.15) is 5.75 Å². The van der Waals surface area contributed by atoms with Crippen molar-refractivity contribution in [2.75, 3.05) is 5.73 Å². The molecule has 0 radical (unpaired) electrons. The van der Waals surface area contributed by atoms with E-state index in [9.17, 15) is 10.0 Å². The van der Waals surface area contributed by atoms with Crippen LogP contribution in [0.1, 0.15) is 5.01 Å². The molecule has 0 aliphatic rings. The third kappa shape index (κ3) is 4.71. The molecule has 0 unspecified atom stereocenters. The first-order valence-corrected chi connectivity index (χ1v) is 9.44. The standard InChI is InChI=1S/C18H15BN4O3S.CH2O2/c1-10-21-9-18(27-10)26-17-5-3-12(19(24)25)7-14(17)11-2-4-13-15(20)8-22-23-16(13)6-11;2-1-3/h2-9,24-25H,1H3,(H2,20,23);1H,(H,2,3). The molecule has 0 aliphatic heterocycles. The van der Waals surface area contributed by atoms with Crippen LogP contribution in [0.15, 0.2) is 48.8 Å². The molecular weight excluding hydrogens is 407 g/mol. The lowest BCUT2D eigenvalue weighted by molar-refractivity contribution is -0.122. The monoisotopic (exact) mass is 424 g/mol. The molecule has 0 fully saturated rings. The molecule has 9 nitrogen and oxygen atoms in total. The molecule has 5 N–H and O–H groups in total. The summed E-state index contributed by atoms with van der Waals surface area (Å²) in [6.45, 7) is 1.65. The first-order chi connectivity index (χ1) is 14.4. The van der Waals surface area contributed by atoms with E-state index in [1.54, 1.807) is 24.4 Å². The van der Waals surface area contributed by atoms with Crippen molar-refractivity contribution >= 4 is 47.0 Å². The number of nitrogens with zero attached hydrogens (tertiary/aromatic N) is 3. The van der Waals surface area contributed by atoms with Gasteiger partial charge in [-0.3, -0.25) is 4.79 Å². The Balaban J connectivity index is 0.000000806. The highest BCUT2D eigenvalue weighted by Crippen LogP contribution is 2.36. The Kier molecular flexibility index (Phi) is 6.57. The molecule has 0 aliphatic carbocycles. The number of nitrogen functional groups attached to an aromatic ring is 1. The second-order valence-corrected chi connectivity index (χ2v) is 7.26. The summed E-state index contributed by atoms with van der Waals surface area (Å²) in [7, 11) is -1.58. The maximum Gasteiger partial charge on any atom is 0.488 e. The number of rotatable bonds is 4. The molecule has 0 bridgehead atoms. The van der Waals surface area contributed by atoms with Gasteiger partial charge in [0.15, 0.2) is 0 Å². The van der Waals surface area contributed by atoms with Crippen molar-refractivity contribution in [2.24, 2.45) is 0 Å². The van der Waals surface area contributed by atoms with Crippen LogP contribution in [0.4, 0.5) is 5.69 Å². The molecule has 2 heterocycles. The Bertz CT molecular complexity index is 1180. The summed E-state index contributed by atoms with van der Waals surface area (Å²) < 4.78 is 5.99. The van der Waals surface area contributed by atoms with E-state index in [1.165, 1.54) is 17.5 Å². The van der Waals surface area contributed by atoms with Gasteiger partial charge in [0, 0.05) is 10.9 Å². The molecule has 4 rings (SSSR count). The van der Waals surface area contributed by atoms with Crippen LogP contribution in [0, 0.1) is 6.92 Å². The number of thiazole rings is 1. The van der Waals surface area contributed by atoms with E-state index in [1.807, 2.05) is 25.1 Å². The number of anilines is 1. The Morgan fingerprint density at radius 2 is 1.93 bits per heavy atom. The maximum absolute atomic E-state index is 9.56. The minimum absolute atomic E-state index is 0.250. The summed E-state index contributed by atoms with van der Waals surface area (Å²) in [5.41, 5.74) is 8.97. The molecule has 4 aromatic rings. The number of carboxylic acid groups (broad SMARTS) is 1. The molecule has 0 saturated carbocycles. The average molecular weight is 424 g/mol. The predicted molar refractivity (Wildman–Crippen MR) is 115 cm³/mol. The van der Waals surface area contributed by atoms with Crippen LogP contribution in [0.3, 0.4) is 0 Å². The number of fused-ring (bicyclic) bond motifs is 1. The van der Waals surface area contributed by atoms with Gasteiger partial charge >= 0.3 is 7.12 Å². The number of hydrogen-bond acceptors (Lipinski definition) is 9. The maximum atomic E-state index is 9.56. The number of hydrogen-bond donors (Lipinski definition) is 4. The van der Waals surface area contributed by atoms with Crippen molar-refractivity contribution < 1.29 is 24.7 Å². The van der Waals surface area contributed by atoms with Crippen molar-refractivity contribution in [3.63, 3.8) is 0 Å². The zero-order valence-corrected chi connectivity index (χ0v) is 16.6. The summed E-state index contributed by atoms with van der Waals surface area (Å²) in [4.78, 5) is 12.6. The largest absolute Gasteiger partial charge is 0.488 e. The van der Waals surface area contributed by atoms with Gasteiger partial charge in [0.05, 0.1) is 28.6 Å². The van der Waals surface area contributed by atoms with E-state index in [4.69, 9.17) is 20.4 Å². The molecule has 11 heteroatoms. The Morgan fingerprint density at radius 1 is 1.17 bits per heavy atom. The summed E-state index contributed by atoms with van der Waals surface area (Å²) in [6, 6.07) is 10.6. The second kappa shape index (κ2) is 9.31. The SMILES string of the molecule is Cc1ncc(Oc2ccc(B(O)O)cc2-c2ccc3c(N)cnnc3c2)s1.O=CO. The average Bonchev–Trinajstić information content (AvgIpc) is 3.13. The second-order valence-electron chi connectivity index (χ2n) is 6.07. The van der Waals surface area contributed by atoms with E-state index < -0.39 is 7.12 Å². The fourth-order valence-electron chi connectivity index (χ4n) is 2.77. The van der Waals surface area contributed by atoms with E-state index in [-0.39, 0.29) is 6.47 Å². The van der Waals surface area contributed by atoms with Gasteiger partial charge in [-0.25, -0.2) is 4.98 Å². The molecule has 2 aromatic heterocycles. The Labute approximate surface area is 175 Å². The summed E-state index contributed by atoms with van der Waals surface area (Å²) in [5, 5.41) is 36.4. The van der Waals surface area contributed by atoms with Crippen molar-refractivity contribution in [1.29, 1.82) is 0 Å². The number of aromatic nitrogens is 3. The molecular formula is C19H17BN4O5S. The summed E-state index contributed by atoms with van der Waals surface area (Å²) in [5.74, 6) is 0.569. The summed E-state index contributed by atoms with van der Waals surface area (Å²) in [6.07, 6.45) is 3.16. The van der Waals surface area contributed by atoms with Crippen LogP contribution in [0.5, 0.6) is 10.8 Å². The lowest BCUT2D eigenvalue weighted by Crippen LogP contribution is -2.29. The van der Waals surface area contributed by atoms with Gasteiger partial charge in [-0.15, -0.1) is 0 Å². The fraction of sp³-hybridized carbons (Fsp3) is 0.0526. The van der Waals surface area contributed by atoms with Gasteiger partial charge in [0.25, 0.3) is 6.47 Å². The van der Waals surface area contributed by atoms with Crippen LogP contribution in [0.25, 0.3) is 22.0 Å². The normalized spacial score (nSPS) is 10.2. The molecule has 0 spiro atoms. The smallest absolute Gasteiger partial charge is 0.483 e. The van der Waals surface area contributed by atoms with Crippen LogP contribution in [-0.4, -0.2) is 43.9 Å². The highest BCUT2D eigenvalue weighted by atomic mass is 32.1. The number of carbonyl (C=O) groups is 1. The van der Waals surface area contributed by atoms with Crippen molar-refractivity contribution in [3.05, 3.63) is 53.8 Å². The van der Waals surface area contributed by atoms with Gasteiger partial charge in [-0.2, -0.15) is 10.2 Å². The van der Waals surface area contributed by atoms with E-state index >= 15 is 0 Å². The van der Waals surface area contributed by atoms with Gasteiger partial charge in [-0.05, 0) is 36.1 Å². The molecule has 0 atom stereocenters. The van der Waals surface area contributed by atoms with Crippen molar-refractivity contribution in [2.45, 2.75) is 6.92 Å². The molecule has 30 heavy (non-hydrogen) atoms. The number of benzene rings is 2. The molecule has 152 valence electrons. The van der Waals surface area contributed by atoms with Crippen LogP contribution >= 0.6 is 11.3 Å². The van der Waals surface area contributed by atoms with Crippen molar-refractivity contribution in [3.8, 4) is 21.9 Å². The van der Waals surface area contributed by atoms with Gasteiger partial charge < -0.3 is 25.6 Å². The van der Waals surface area contributed by atoms with Gasteiger partial charge in [-0.1, -0.05) is 29.5 Å². The minimum atomic E-state index is -1.58. The third-order valence-corrected chi connectivity index (χ3v) is 4.89. The quantitative estimate of drug-likeness (QED) is 0.284. The Hall–Kier alpha value is -3.54.